The Kier molecular flexibility index (Phi) is 8.91. The van der Waals surface area contributed by atoms with E-state index in [1.54, 1.807) is 0 Å². The molecule has 1 heterocycles. The van der Waals surface area contributed by atoms with Gasteiger partial charge in [-0.3, -0.25) is 4.99 Å². The van der Waals surface area contributed by atoms with Crippen molar-refractivity contribution in [3.05, 3.63) is 51.2 Å². The Bertz CT molecular complexity index is 829. The average Bonchev–Trinajstić information content (AvgIpc) is 3.08. The molecule has 5 nitrogen and oxygen atoms in total. The molecule has 0 radical (unpaired) electrons. The first kappa shape index (κ1) is 23.1. The normalized spacial score (nSPS) is 11.5. The summed E-state index contributed by atoms with van der Waals surface area (Å²) in [5.74, 6) is -0.0891. The summed E-state index contributed by atoms with van der Waals surface area (Å²) in [4.78, 5) is 7.50. The van der Waals surface area contributed by atoms with Crippen LogP contribution >= 0.6 is 35.3 Å². The smallest absolute Gasteiger partial charge is 0.356 e. The number of rotatable bonds is 5. The lowest BCUT2D eigenvalue weighted by molar-refractivity contribution is -0.140. The summed E-state index contributed by atoms with van der Waals surface area (Å²) in [5, 5.41) is 16.0. The molecule has 0 aliphatic heterocycles. The van der Waals surface area contributed by atoms with Crippen molar-refractivity contribution in [2.45, 2.75) is 19.1 Å². The molecule has 11 heteroatoms. The molecule has 27 heavy (non-hydrogen) atoms. The summed E-state index contributed by atoms with van der Waals surface area (Å²) in [6.45, 7) is 0.418. The van der Waals surface area contributed by atoms with Gasteiger partial charge in [-0.25, -0.2) is 9.37 Å². The number of aliphatic imine (C=N–C) groups is 1. The van der Waals surface area contributed by atoms with Crippen LogP contribution in [0.1, 0.15) is 21.8 Å². The highest BCUT2D eigenvalue weighted by atomic mass is 127. The first-order valence-corrected chi connectivity index (χ1v) is 8.36. The number of halogens is 5. The van der Waals surface area contributed by atoms with Crippen LogP contribution in [0.25, 0.3) is 0 Å². The number of hydrogen-bond donors (Lipinski definition) is 2. The zero-order chi connectivity index (χ0) is 19.2. The number of nitriles is 1. The van der Waals surface area contributed by atoms with Gasteiger partial charge in [0.1, 0.15) is 5.82 Å². The van der Waals surface area contributed by atoms with E-state index in [1.807, 2.05) is 6.07 Å². The third kappa shape index (κ3) is 6.94. The summed E-state index contributed by atoms with van der Waals surface area (Å²) >= 11 is 0.940. The number of benzene rings is 1. The Morgan fingerprint density at radius 3 is 2.67 bits per heavy atom. The molecule has 2 rings (SSSR count). The molecule has 0 aliphatic rings. The molecule has 0 atom stereocenters. The largest absolute Gasteiger partial charge is 0.434 e. The molecule has 2 aromatic rings. The fourth-order valence-electron chi connectivity index (χ4n) is 2.02. The van der Waals surface area contributed by atoms with Crippen LogP contribution in [0.2, 0.25) is 0 Å². The van der Waals surface area contributed by atoms with E-state index in [1.165, 1.54) is 25.2 Å². The molecule has 0 spiro atoms. The molecule has 146 valence electrons. The third-order valence-corrected chi connectivity index (χ3v) is 4.23. The van der Waals surface area contributed by atoms with Crippen LogP contribution in [0.4, 0.5) is 17.6 Å². The summed E-state index contributed by atoms with van der Waals surface area (Å²) in [6.07, 6.45) is -4.15. The molecule has 0 amide bonds. The average molecular weight is 513 g/mol. The lowest BCUT2D eigenvalue weighted by Crippen LogP contribution is -2.38. The second kappa shape index (κ2) is 10.4. The van der Waals surface area contributed by atoms with Gasteiger partial charge in [-0.05, 0) is 18.2 Å². The maximum Gasteiger partial charge on any atom is 0.434 e. The molecule has 1 aromatic heterocycles. The maximum atomic E-state index is 13.7. The number of nitrogens with zero attached hydrogens (tertiary/aromatic N) is 3. The molecular weight excluding hydrogens is 497 g/mol. The molecule has 0 bridgehead atoms. The summed E-state index contributed by atoms with van der Waals surface area (Å²) in [7, 11) is 1.52. The van der Waals surface area contributed by atoms with E-state index in [0.29, 0.717) is 35.1 Å². The van der Waals surface area contributed by atoms with E-state index in [2.05, 4.69) is 20.6 Å². The summed E-state index contributed by atoms with van der Waals surface area (Å²) in [6, 6.07) is 5.97. The SMILES string of the molecule is CN=C(NCCc1nc(C(F)(F)F)cs1)NCc1cc(C#N)ccc1F.I. The van der Waals surface area contributed by atoms with Crippen molar-refractivity contribution in [1.29, 1.82) is 5.26 Å². The lowest BCUT2D eigenvalue weighted by Gasteiger charge is -2.12. The fraction of sp³-hybridized carbons (Fsp3) is 0.312. The second-order valence-electron chi connectivity index (χ2n) is 5.14. The van der Waals surface area contributed by atoms with E-state index in [0.717, 1.165) is 16.7 Å². The van der Waals surface area contributed by atoms with Crippen molar-refractivity contribution < 1.29 is 17.6 Å². The van der Waals surface area contributed by atoms with Crippen molar-refractivity contribution >= 4 is 41.3 Å². The predicted octanol–water partition coefficient (Wildman–Crippen LogP) is 3.70. The zero-order valence-corrected chi connectivity index (χ0v) is 17.2. The van der Waals surface area contributed by atoms with E-state index >= 15 is 0 Å². The quantitative estimate of drug-likeness (QED) is 0.277. The van der Waals surface area contributed by atoms with E-state index in [9.17, 15) is 17.6 Å². The van der Waals surface area contributed by atoms with Gasteiger partial charge in [0.15, 0.2) is 11.7 Å². The number of guanidine groups is 1. The number of hydrogen-bond acceptors (Lipinski definition) is 4. The molecule has 2 N–H and O–H groups in total. The minimum Gasteiger partial charge on any atom is -0.356 e. The topological polar surface area (TPSA) is 73.1 Å². The van der Waals surface area contributed by atoms with Gasteiger partial charge in [-0.2, -0.15) is 18.4 Å². The van der Waals surface area contributed by atoms with E-state index in [4.69, 9.17) is 5.26 Å². The van der Waals surface area contributed by atoms with Crippen molar-refractivity contribution in [2.24, 2.45) is 4.99 Å². The van der Waals surface area contributed by atoms with Crippen molar-refractivity contribution in [3.8, 4) is 6.07 Å². The fourth-order valence-corrected chi connectivity index (χ4v) is 2.83. The van der Waals surface area contributed by atoms with Gasteiger partial charge in [-0.1, -0.05) is 0 Å². The Labute approximate surface area is 174 Å². The van der Waals surface area contributed by atoms with Gasteiger partial charge in [0.05, 0.1) is 16.6 Å². The summed E-state index contributed by atoms with van der Waals surface area (Å²) < 4.78 is 51.2. The predicted molar refractivity (Wildman–Crippen MR) is 106 cm³/mol. The van der Waals surface area contributed by atoms with Crippen LogP contribution in [0.5, 0.6) is 0 Å². The highest BCUT2D eigenvalue weighted by Gasteiger charge is 2.33. The highest BCUT2D eigenvalue weighted by Crippen LogP contribution is 2.29. The molecule has 0 saturated heterocycles. The first-order valence-electron chi connectivity index (χ1n) is 7.48. The van der Waals surface area contributed by atoms with Gasteiger partial charge in [0.25, 0.3) is 0 Å². The van der Waals surface area contributed by atoms with Gasteiger partial charge in [-0.15, -0.1) is 35.3 Å². The number of nitrogens with one attached hydrogen (secondary N) is 2. The van der Waals surface area contributed by atoms with Gasteiger partial charge in [0.2, 0.25) is 0 Å². The van der Waals surface area contributed by atoms with E-state index in [-0.39, 0.29) is 30.5 Å². The minimum absolute atomic E-state index is 0. The molecule has 0 aliphatic carbocycles. The number of alkyl halides is 3. The van der Waals surface area contributed by atoms with Gasteiger partial charge < -0.3 is 10.6 Å². The second-order valence-corrected chi connectivity index (χ2v) is 6.09. The zero-order valence-electron chi connectivity index (χ0n) is 14.1. The monoisotopic (exact) mass is 513 g/mol. The summed E-state index contributed by atoms with van der Waals surface area (Å²) in [5.41, 5.74) is -0.245. The molecule has 0 unspecified atom stereocenters. The Morgan fingerprint density at radius 1 is 1.33 bits per heavy atom. The van der Waals surface area contributed by atoms with Crippen LogP contribution < -0.4 is 10.6 Å². The van der Waals surface area contributed by atoms with E-state index < -0.39 is 17.7 Å². The van der Waals surface area contributed by atoms with Crippen LogP contribution in [0, 0.1) is 17.1 Å². The first-order chi connectivity index (χ1) is 12.3. The van der Waals surface area contributed by atoms with Crippen LogP contribution in [-0.4, -0.2) is 24.5 Å². The van der Waals surface area contributed by atoms with Crippen molar-refractivity contribution in [3.63, 3.8) is 0 Å². The minimum atomic E-state index is -4.44. The standard InChI is InChI=1S/C16H15F4N5S.HI/c1-22-15(24-8-11-6-10(7-21)2-3-12(11)17)23-5-4-14-25-13(9-26-14)16(18,19)20;/h2-3,6,9H,4-5,8H2,1H3,(H2,22,23,24);1H. The molecule has 0 saturated carbocycles. The molecule has 0 fully saturated rings. The Balaban J connectivity index is 0.00000364. The maximum absolute atomic E-state index is 13.7. The van der Waals surface area contributed by atoms with Crippen molar-refractivity contribution in [2.75, 3.05) is 13.6 Å². The Hall–Kier alpha value is -1.94. The molecule has 1 aromatic carbocycles. The van der Waals surface area contributed by atoms with Gasteiger partial charge >= 0.3 is 6.18 Å². The molecular formula is C16H16F4IN5S. The highest BCUT2D eigenvalue weighted by molar-refractivity contribution is 14.0. The van der Waals surface area contributed by atoms with Crippen LogP contribution in [-0.2, 0) is 19.1 Å². The number of aromatic nitrogens is 1. The third-order valence-electron chi connectivity index (χ3n) is 3.32. The van der Waals surface area contributed by atoms with Crippen LogP contribution in [0.3, 0.4) is 0 Å². The Morgan fingerprint density at radius 2 is 2.07 bits per heavy atom. The van der Waals surface area contributed by atoms with Crippen LogP contribution in [0.15, 0.2) is 28.6 Å². The lowest BCUT2D eigenvalue weighted by atomic mass is 10.1. The van der Waals surface area contributed by atoms with Gasteiger partial charge in [0, 0.05) is 37.5 Å². The van der Waals surface area contributed by atoms with Crippen molar-refractivity contribution in [1.82, 2.24) is 15.6 Å². The number of thiazole rings is 1.